The number of benzene rings is 2. The van der Waals surface area contributed by atoms with Gasteiger partial charge in [-0.1, -0.05) is 6.07 Å². The molecule has 164 valence electrons. The first kappa shape index (κ1) is 22.5. The Morgan fingerprint density at radius 3 is 2.61 bits per heavy atom. The molecule has 3 aromatic rings. The molecule has 9 heteroatoms. The van der Waals surface area contributed by atoms with Crippen molar-refractivity contribution in [3.63, 3.8) is 0 Å². The minimum atomic E-state index is -1.14. The SMILES string of the molecule is COC[C@H](C)Oc1cc(Oc2cccc(S(C)=O)c2)cc(C(=O)Nc2ccn(C)n2)c1. The Bertz CT molecular complexity index is 1080. The highest BCUT2D eigenvalue weighted by atomic mass is 32.2. The van der Waals surface area contributed by atoms with Crippen molar-refractivity contribution in [2.75, 3.05) is 25.3 Å². The van der Waals surface area contributed by atoms with E-state index in [0.29, 0.717) is 40.1 Å². The quantitative estimate of drug-likeness (QED) is 0.543. The lowest BCUT2D eigenvalue weighted by Crippen LogP contribution is -2.18. The van der Waals surface area contributed by atoms with Gasteiger partial charge in [-0.05, 0) is 37.3 Å². The van der Waals surface area contributed by atoms with Gasteiger partial charge in [0.15, 0.2) is 5.82 Å². The van der Waals surface area contributed by atoms with Crippen LogP contribution in [-0.4, -0.2) is 46.0 Å². The molecular weight excluding hydrogens is 418 g/mol. The second kappa shape index (κ2) is 10.2. The fraction of sp³-hybridized carbons (Fsp3) is 0.273. The summed E-state index contributed by atoms with van der Waals surface area (Å²) in [5.74, 6) is 1.46. The van der Waals surface area contributed by atoms with E-state index in [1.165, 1.54) is 0 Å². The third kappa shape index (κ3) is 6.40. The molecule has 0 spiro atoms. The normalized spacial score (nSPS) is 12.8. The van der Waals surface area contributed by atoms with E-state index in [9.17, 15) is 9.00 Å². The first-order chi connectivity index (χ1) is 14.8. The second-order valence-electron chi connectivity index (χ2n) is 6.94. The van der Waals surface area contributed by atoms with Crippen LogP contribution in [0.2, 0.25) is 0 Å². The van der Waals surface area contributed by atoms with Gasteiger partial charge in [-0.25, -0.2) is 0 Å². The lowest BCUT2D eigenvalue weighted by molar-refractivity contribution is 0.0915. The van der Waals surface area contributed by atoms with Crippen LogP contribution in [0.4, 0.5) is 5.82 Å². The number of nitrogens with one attached hydrogen (secondary N) is 1. The average molecular weight is 444 g/mol. The molecule has 8 nitrogen and oxygen atoms in total. The number of methoxy groups -OCH3 is 1. The minimum Gasteiger partial charge on any atom is -0.488 e. The number of amides is 1. The van der Waals surface area contributed by atoms with Gasteiger partial charge >= 0.3 is 0 Å². The first-order valence-electron chi connectivity index (χ1n) is 9.57. The van der Waals surface area contributed by atoms with Crippen molar-refractivity contribution in [2.45, 2.75) is 17.9 Å². The first-order valence-corrected chi connectivity index (χ1v) is 11.1. The highest BCUT2D eigenvalue weighted by Gasteiger charge is 2.14. The number of carbonyl (C=O) groups is 1. The predicted octanol–water partition coefficient (Wildman–Crippen LogP) is 3.62. The van der Waals surface area contributed by atoms with Gasteiger partial charge in [0.2, 0.25) is 0 Å². The van der Waals surface area contributed by atoms with Crippen molar-refractivity contribution in [3.8, 4) is 17.2 Å². The van der Waals surface area contributed by atoms with E-state index in [-0.39, 0.29) is 12.0 Å². The summed E-state index contributed by atoms with van der Waals surface area (Å²) >= 11 is 0. The summed E-state index contributed by atoms with van der Waals surface area (Å²) in [5.41, 5.74) is 0.345. The minimum absolute atomic E-state index is 0.224. The van der Waals surface area contributed by atoms with E-state index in [0.717, 1.165) is 0 Å². The number of anilines is 1. The number of hydrogen-bond acceptors (Lipinski definition) is 6. The molecule has 31 heavy (non-hydrogen) atoms. The number of hydrogen-bond donors (Lipinski definition) is 1. The van der Waals surface area contributed by atoms with Crippen LogP contribution in [0.1, 0.15) is 17.3 Å². The zero-order valence-electron chi connectivity index (χ0n) is 17.8. The zero-order valence-corrected chi connectivity index (χ0v) is 18.6. The third-order valence-electron chi connectivity index (χ3n) is 4.21. The van der Waals surface area contributed by atoms with E-state index in [1.807, 2.05) is 6.92 Å². The van der Waals surface area contributed by atoms with E-state index in [2.05, 4.69) is 10.4 Å². The summed E-state index contributed by atoms with van der Waals surface area (Å²) in [6.45, 7) is 2.26. The molecule has 2 atom stereocenters. The summed E-state index contributed by atoms with van der Waals surface area (Å²) in [6.07, 6.45) is 3.11. The van der Waals surface area contributed by atoms with E-state index in [1.54, 1.807) is 79.8 Å². The van der Waals surface area contributed by atoms with Crippen molar-refractivity contribution in [1.82, 2.24) is 9.78 Å². The standard InChI is InChI=1S/C22H25N3O5S/c1-15(14-28-3)29-18-10-16(22(26)23-21-8-9-25(2)24-21)11-19(12-18)30-17-6-5-7-20(13-17)31(4)27/h5-13,15H,14H2,1-4H3,(H,23,24,26)/t15-,31?/m0/s1. The summed E-state index contributed by atoms with van der Waals surface area (Å²) in [6, 6.07) is 13.6. The number of rotatable bonds is 9. The molecule has 0 aliphatic heterocycles. The molecular formula is C22H25N3O5S. The van der Waals surface area contributed by atoms with Crippen LogP contribution in [0.3, 0.4) is 0 Å². The van der Waals surface area contributed by atoms with E-state index in [4.69, 9.17) is 14.2 Å². The zero-order chi connectivity index (χ0) is 22.4. The molecule has 2 aromatic carbocycles. The van der Waals surface area contributed by atoms with Gasteiger partial charge in [0.1, 0.15) is 23.4 Å². The topological polar surface area (TPSA) is 91.7 Å². The Morgan fingerprint density at radius 2 is 1.94 bits per heavy atom. The van der Waals surface area contributed by atoms with Crippen molar-refractivity contribution >= 4 is 22.5 Å². The van der Waals surface area contributed by atoms with E-state index < -0.39 is 10.8 Å². The molecule has 0 fully saturated rings. The number of nitrogens with zero attached hydrogens (tertiary/aromatic N) is 2. The Hall–Kier alpha value is -3.17. The van der Waals surface area contributed by atoms with E-state index >= 15 is 0 Å². The number of carbonyl (C=O) groups excluding carboxylic acids is 1. The molecule has 0 aliphatic carbocycles. The van der Waals surface area contributed by atoms with Crippen molar-refractivity contribution < 1.29 is 23.2 Å². The molecule has 0 radical (unpaired) electrons. The van der Waals surface area contributed by atoms with Crippen LogP contribution < -0.4 is 14.8 Å². The molecule has 1 amide bonds. The number of aromatic nitrogens is 2. The monoisotopic (exact) mass is 443 g/mol. The van der Waals surface area contributed by atoms with Gasteiger partial charge in [0.25, 0.3) is 5.91 Å². The summed E-state index contributed by atoms with van der Waals surface area (Å²) in [5, 5.41) is 6.92. The maximum Gasteiger partial charge on any atom is 0.257 e. The van der Waals surface area contributed by atoms with Crippen LogP contribution in [0.15, 0.2) is 59.6 Å². The maximum atomic E-state index is 12.8. The smallest absolute Gasteiger partial charge is 0.257 e. The van der Waals surface area contributed by atoms with Gasteiger partial charge in [-0.3, -0.25) is 13.7 Å². The Kier molecular flexibility index (Phi) is 7.43. The molecule has 1 heterocycles. The molecule has 0 saturated carbocycles. The van der Waals surface area contributed by atoms with Crippen molar-refractivity contribution in [3.05, 3.63) is 60.3 Å². The second-order valence-corrected chi connectivity index (χ2v) is 8.32. The summed E-state index contributed by atoms with van der Waals surface area (Å²) < 4.78 is 30.3. The molecule has 1 unspecified atom stereocenters. The number of aryl methyl sites for hydroxylation is 1. The van der Waals surface area contributed by atoms with Crippen LogP contribution >= 0.6 is 0 Å². The maximum absolute atomic E-state index is 12.8. The van der Waals surface area contributed by atoms with Crippen LogP contribution in [0.25, 0.3) is 0 Å². The predicted molar refractivity (Wildman–Crippen MR) is 118 cm³/mol. The Balaban J connectivity index is 1.89. The molecule has 3 rings (SSSR count). The molecule has 0 aliphatic rings. The fourth-order valence-corrected chi connectivity index (χ4v) is 3.41. The van der Waals surface area contributed by atoms with Gasteiger partial charge < -0.3 is 19.5 Å². The molecule has 0 saturated heterocycles. The number of ether oxygens (including phenoxy) is 3. The van der Waals surface area contributed by atoms with Gasteiger partial charge in [-0.2, -0.15) is 5.10 Å². The van der Waals surface area contributed by atoms with Gasteiger partial charge in [-0.15, -0.1) is 0 Å². The highest BCUT2D eigenvalue weighted by molar-refractivity contribution is 7.84. The fourth-order valence-electron chi connectivity index (χ4n) is 2.85. The average Bonchev–Trinajstić information content (AvgIpc) is 3.12. The van der Waals surface area contributed by atoms with Gasteiger partial charge in [0, 0.05) is 60.0 Å². The largest absolute Gasteiger partial charge is 0.488 e. The summed E-state index contributed by atoms with van der Waals surface area (Å²) in [7, 11) is 2.23. The van der Waals surface area contributed by atoms with Crippen molar-refractivity contribution in [1.29, 1.82) is 0 Å². The van der Waals surface area contributed by atoms with Crippen LogP contribution in [0.5, 0.6) is 17.2 Å². The third-order valence-corrected chi connectivity index (χ3v) is 5.13. The van der Waals surface area contributed by atoms with Crippen LogP contribution in [-0.2, 0) is 22.6 Å². The Morgan fingerprint density at radius 1 is 1.16 bits per heavy atom. The van der Waals surface area contributed by atoms with Crippen LogP contribution in [0, 0.1) is 0 Å². The highest BCUT2D eigenvalue weighted by Crippen LogP contribution is 2.29. The molecule has 0 bridgehead atoms. The Labute approximate surface area is 183 Å². The molecule has 1 aromatic heterocycles. The molecule has 1 N–H and O–H groups in total. The lowest BCUT2D eigenvalue weighted by atomic mass is 10.2. The van der Waals surface area contributed by atoms with Gasteiger partial charge in [0.05, 0.1) is 6.61 Å². The lowest BCUT2D eigenvalue weighted by Gasteiger charge is -2.16. The summed E-state index contributed by atoms with van der Waals surface area (Å²) in [4.78, 5) is 13.4. The van der Waals surface area contributed by atoms with Crippen molar-refractivity contribution in [2.24, 2.45) is 7.05 Å².